The van der Waals surface area contributed by atoms with Gasteiger partial charge in [0, 0.05) is 31.8 Å². The van der Waals surface area contributed by atoms with Crippen LogP contribution in [0.3, 0.4) is 0 Å². The minimum atomic E-state index is 0.0748. The van der Waals surface area contributed by atoms with Gasteiger partial charge in [-0.3, -0.25) is 4.79 Å². The third-order valence-corrected chi connectivity index (χ3v) is 2.92. The van der Waals surface area contributed by atoms with Crippen molar-refractivity contribution >= 4 is 5.91 Å². The molecule has 1 aromatic rings. The van der Waals surface area contributed by atoms with Crippen molar-refractivity contribution in [2.75, 3.05) is 26.3 Å². The monoisotopic (exact) mass is 234 g/mol. The molecule has 1 aliphatic rings. The highest BCUT2D eigenvalue weighted by molar-refractivity contribution is 5.94. The fraction of sp³-hybridized carbons (Fsp3) is 0.462. The first-order valence-corrected chi connectivity index (χ1v) is 5.97. The summed E-state index contributed by atoms with van der Waals surface area (Å²) in [4.78, 5) is 14.1. The van der Waals surface area contributed by atoms with Gasteiger partial charge < -0.3 is 15.4 Å². The van der Waals surface area contributed by atoms with Crippen LogP contribution in [0.25, 0.3) is 0 Å². The van der Waals surface area contributed by atoms with Gasteiger partial charge in [-0.2, -0.15) is 0 Å². The Balaban J connectivity index is 2.11. The van der Waals surface area contributed by atoms with Gasteiger partial charge in [0.25, 0.3) is 5.91 Å². The quantitative estimate of drug-likeness (QED) is 0.830. The van der Waals surface area contributed by atoms with E-state index < -0.39 is 0 Å². The van der Waals surface area contributed by atoms with E-state index in [1.54, 1.807) is 0 Å². The second-order valence-electron chi connectivity index (χ2n) is 4.16. The second kappa shape index (κ2) is 5.80. The van der Waals surface area contributed by atoms with E-state index in [0.717, 1.165) is 30.7 Å². The Bertz CT molecular complexity index is 385. The van der Waals surface area contributed by atoms with Crippen LogP contribution in [0.1, 0.15) is 22.3 Å². The van der Waals surface area contributed by atoms with E-state index in [2.05, 4.69) is 0 Å². The standard InChI is InChI=1S/C13H18N2O2/c14-10-11-3-1-4-12(9-11)13(16)15-5-2-7-17-8-6-15/h1,3-4,9H,2,5-8,10,14H2. The van der Waals surface area contributed by atoms with Gasteiger partial charge in [0.2, 0.25) is 0 Å². The number of benzene rings is 1. The molecule has 4 heteroatoms. The highest BCUT2D eigenvalue weighted by atomic mass is 16.5. The predicted molar refractivity (Wildman–Crippen MR) is 65.7 cm³/mol. The molecular formula is C13H18N2O2. The summed E-state index contributed by atoms with van der Waals surface area (Å²) in [6, 6.07) is 7.52. The maximum Gasteiger partial charge on any atom is 0.253 e. The highest BCUT2D eigenvalue weighted by Gasteiger charge is 2.17. The molecule has 92 valence electrons. The molecule has 0 atom stereocenters. The molecule has 17 heavy (non-hydrogen) atoms. The van der Waals surface area contributed by atoms with Crippen LogP contribution in [0, 0.1) is 0 Å². The van der Waals surface area contributed by atoms with Crippen molar-refractivity contribution in [3.63, 3.8) is 0 Å². The van der Waals surface area contributed by atoms with Gasteiger partial charge in [-0.25, -0.2) is 0 Å². The summed E-state index contributed by atoms with van der Waals surface area (Å²) in [5, 5.41) is 0. The molecule has 1 heterocycles. The zero-order valence-corrected chi connectivity index (χ0v) is 9.89. The van der Waals surface area contributed by atoms with Crippen molar-refractivity contribution in [1.82, 2.24) is 4.90 Å². The molecule has 1 aliphatic heterocycles. The van der Waals surface area contributed by atoms with Crippen LogP contribution in [0.2, 0.25) is 0 Å². The molecule has 0 unspecified atom stereocenters. The number of amides is 1. The molecule has 0 aliphatic carbocycles. The molecule has 4 nitrogen and oxygen atoms in total. The molecule has 0 bridgehead atoms. The SMILES string of the molecule is NCc1cccc(C(=O)N2CCCOCC2)c1. The Hall–Kier alpha value is -1.39. The number of nitrogens with zero attached hydrogens (tertiary/aromatic N) is 1. The van der Waals surface area contributed by atoms with Gasteiger partial charge in [-0.05, 0) is 24.1 Å². The Morgan fingerprint density at radius 2 is 2.24 bits per heavy atom. The molecule has 0 aromatic heterocycles. The lowest BCUT2D eigenvalue weighted by Gasteiger charge is -2.19. The third-order valence-electron chi connectivity index (χ3n) is 2.92. The number of ether oxygens (including phenoxy) is 1. The van der Waals surface area contributed by atoms with Crippen LogP contribution in [0.4, 0.5) is 0 Å². The first kappa shape index (κ1) is 12.1. The van der Waals surface area contributed by atoms with Crippen molar-refractivity contribution in [3.8, 4) is 0 Å². The number of carbonyl (C=O) groups is 1. The summed E-state index contributed by atoms with van der Waals surface area (Å²) in [7, 11) is 0. The highest BCUT2D eigenvalue weighted by Crippen LogP contribution is 2.10. The van der Waals surface area contributed by atoms with Crippen LogP contribution in [-0.4, -0.2) is 37.1 Å². The summed E-state index contributed by atoms with van der Waals surface area (Å²) >= 11 is 0. The number of hydrogen-bond acceptors (Lipinski definition) is 3. The lowest BCUT2D eigenvalue weighted by Crippen LogP contribution is -2.33. The van der Waals surface area contributed by atoms with E-state index in [1.807, 2.05) is 29.2 Å². The first-order valence-electron chi connectivity index (χ1n) is 5.97. The molecule has 2 rings (SSSR count). The van der Waals surface area contributed by atoms with E-state index in [0.29, 0.717) is 19.7 Å². The maximum absolute atomic E-state index is 12.3. The fourth-order valence-corrected chi connectivity index (χ4v) is 1.96. The van der Waals surface area contributed by atoms with Gasteiger partial charge >= 0.3 is 0 Å². The fourth-order valence-electron chi connectivity index (χ4n) is 1.96. The largest absolute Gasteiger partial charge is 0.380 e. The van der Waals surface area contributed by atoms with E-state index in [9.17, 15) is 4.79 Å². The zero-order valence-electron chi connectivity index (χ0n) is 9.89. The van der Waals surface area contributed by atoms with Crippen molar-refractivity contribution < 1.29 is 9.53 Å². The zero-order chi connectivity index (χ0) is 12.1. The van der Waals surface area contributed by atoms with Gasteiger partial charge in [0.15, 0.2) is 0 Å². The molecule has 2 N–H and O–H groups in total. The number of hydrogen-bond donors (Lipinski definition) is 1. The first-order chi connectivity index (χ1) is 8.31. The van der Waals surface area contributed by atoms with E-state index in [4.69, 9.17) is 10.5 Å². The second-order valence-corrected chi connectivity index (χ2v) is 4.16. The molecular weight excluding hydrogens is 216 g/mol. The van der Waals surface area contributed by atoms with E-state index in [-0.39, 0.29) is 5.91 Å². The molecule has 0 radical (unpaired) electrons. The van der Waals surface area contributed by atoms with Crippen LogP contribution >= 0.6 is 0 Å². The number of nitrogens with two attached hydrogens (primary N) is 1. The lowest BCUT2D eigenvalue weighted by atomic mass is 10.1. The minimum Gasteiger partial charge on any atom is -0.380 e. The third kappa shape index (κ3) is 3.05. The maximum atomic E-state index is 12.3. The average molecular weight is 234 g/mol. The average Bonchev–Trinajstić information content (AvgIpc) is 2.67. The van der Waals surface area contributed by atoms with Crippen molar-refractivity contribution in [1.29, 1.82) is 0 Å². The minimum absolute atomic E-state index is 0.0748. The Morgan fingerprint density at radius 1 is 1.35 bits per heavy atom. The Morgan fingerprint density at radius 3 is 3.06 bits per heavy atom. The number of carbonyl (C=O) groups excluding carboxylic acids is 1. The topological polar surface area (TPSA) is 55.6 Å². The summed E-state index contributed by atoms with van der Waals surface area (Å²) in [6.45, 7) is 3.27. The number of rotatable bonds is 2. The molecule has 0 spiro atoms. The van der Waals surface area contributed by atoms with E-state index in [1.165, 1.54) is 0 Å². The van der Waals surface area contributed by atoms with Crippen LogP contribution in [0.15, 0.2) is 24.3 Å². The van der Waals surface area contributed by atoms with Crippen molar-refractivity contribution in [2.45, 2.75) is 13.0 Å². The summed E-state index contributed by atoms with van der Waals surface area (Å²) in [5.74, 6) is 0.0748. The normalized spacial score (nSPS) is 16.6. The smallest absolute Gasteiger partial charge is 0.253 e. The summed E-state index contributed by atoms with van der Waals surface area (Å²) in [5.41, 5.74) is 7.28. The molecule has 1 saturated heterocycles. The molecule has 0 saturated carbocycles. The van der Waals surface area contributed by atoms with Gasteiger partial charge in [-0.15, -0.1) is 0 Å². The molecule has 1 amide bonds. The molecule has 1 aromatic carbocycles. The lowest BCUT2D eigenvalue weighted by molar-refractivity contribution is 0.0741. The van der Waals surface area contributed by atoms with Crippen LogP contribution in [-0.2, 0) is 11.3 Å². The van der Waals surface area contributed by atoms with E-state index >= 15 is 0 Å². The Kier molecular flexibility index (Phi) is 4.12. The van der Waals surface area contributed by atoms with Crippen molar-refractivity contribution in [2.24, 2.45) is 5.73 Å². The van der Waals surface area contributed by atoms with Gasteiger partial charge in [0.05, 0.1) is 6.61 Å². The van der Waals surface area contributed by atoms with Crippen LogP contribution < -0.4 is 5.73 Å². The van der Waals surface area contributed by atoms with Crippen molar-refractivity contribution in [3.05, 3.63) is 35.4 Å². The van der Waals surface area contributed by atoms with Gasteiger partial charge in [0.1, 0.15) is 0 Å². The summed E-state index contributed by atoms with van der Waals surface area (Å²) < 4.78 is 5.34. The Labute approximate surface area is 101 Å². The van der Waals surface area contributed by atoms with Crippen LogP contribution in [0.5, 0.6) is 0 Å². The predicted octanol–water partition coefficient (Wildman–Crippen LogP) is 1.01. The molecule has 1 fully saturated rings. The summed E-state index contributed by atoms with van der Waals surface area (Å²) in [6.07, 6.45) is 0.905. The van der Waals surface area contributed by atoms with Gasteiger partial charge in [-0.1, -0.05) is 12.1 Å².